The van der Waals surface area contributed by atoms with Crippen LogP contribution in [0.3, 0.4) is 0 Å². The van der Waals surface area contributed by atoms with Gasteiger partial charge < -0.3 is 14.6 Å². The van der Waals surface area contributed by atoms with Gasteiger partial charge in [-0.05, 0) is 45.4 Å². The fourth-order valence-corrected chi connectivity index (χ4v) is 2.45. The molecule has 1 aromatic heterocycles. The first kappa shape index (κ1) is 17.1. The smallest absolute Gasteiger partial charge is 0.349 e. The Labute approximate surface area is 136 Å². The van der Waals surface area contributed by atoms with E-state index >= 15 is 0 Å². The van der Waals surface area contributed by atoms with Crippen molar-refractivity contribution < 1.29 is 9.21 Å². The normalized spacial score (nSPS) is 12.2. The summed E-state index contributed by atoms with van der Waals surface area (Å²) in [4.78, 5) is 26.5. The van der Waals surface area contributed by atoms with E-state index in [1.54, 1.807) is 6.07 Å². The van der Waals surface area contributed by atoms with Gasteiger partial charge in [-0.2, -0.15) is 0 Å². The van der Waals surface area contributed by atoms with Crippen molar-refractivity contribution >= 4 is 22.6 Å². The molecule has 23 heavy (non-hydrogen) atoms. The number of nitrogens with zero attached hydrogens (tertiary/aromatic N) is 1. The van der Waals surface area contributed by atoms with Gasteiger partial charge in [0.05, 0.1) is 0 Å². The van der Waals surface area contributed by atoms with Gasteiger partial charge in [0, 0.05) is 36.3 Å². The van der Waals surface area contributed by atoms with Crippen molar-refractivity contribution in [1.82, 2.24) is 5.32 Å². The number of benzene rings is 1. The number of carbonyl (C=O) groups excluding carboxylic acids is 1. The lowest BCUT2D eigenvalue weighted by Crippen LogP contribution is -2.34. The summed E-state index contributed by atoms with van der Waals surface area (Å²) >= 11 is 0. The first-order valence-electron chi connectivity index (χ1n) is 8.13. The van der Waals surface area contributed by atoms with Crippen LogP contribution in [0, 0.1) is 0 Å². The molecule has 1 amide bonds. The van der Waals surface area contributed by atoms with E-state index in [1.807, 2.05) is 32.0 Å². The lowest BCUT2D eigenvalue weighted by molar-refractivity contribution is 0.0935. The Morgan fingerprint density at radius 1 is 1.22 bits per heavy atom. The van der Waals surface area contributed by atoms with E-state index in [4.69, 9.17) is 4.42 Å². The molecule has 2 rings (SSSR count). The van der Waals surface area contributed by atoms with Crippen LogP contribution in [0.4, 0.5) is 5.69 Å². The van der Waals surface area contributed by atoms with Crippen LogP contribution in [-0.2, 0) is 0 Å². The van der Waals surface area contributed by atoms with Crippen LogP contribution in [0.1, 0.15) is 44.5 Å². The molecule has 5 nitrogen and oxygen atoms in total. The number of amides is 1. The minimum atomic E-state index is -0.602. The standard InChI is InChI=1S/C18H24N2O3/c1-5-12(4)19-17(21)15-10-13-8-9-14(20(6-2)7-3)11-16(13)23-18(15)22/h8-12H,5-7H2,1-4H3,(H,19,21). The second kappa shape index (κ2) is 7.31. The molecular weight excluding hydrogens is 292 g/mol. The molecule has 0 fully saturated rings. The topological polar surface area (TPSA) is 62.6 Å². The maximum Gasteiger partial charge on any atom is 0.349 e. The first-order valence-corrected chi connectivity index (χ1v) is 8.13. The summed E-state index contributed by atoms with van der Waals surface area (Å²) in [6, 6.07) is 7.32. The van der Waals surface area contributed by atoms with E-state index in [1.165, 1.54) is 0 Å². The summed E-state index contributed by atoms with van der Waals surface area (Å²) in [6.07, 6.45) is 0.803. The maximum absolute atomic E-state index is 12.2. The molecule has 5 heteroatoms. The summed E-state index contributed by atoms with van der Waals surface area (Å²) in [5.74, 6) is -0.386. The number of fused-ring (bicyclic) bond motifs is 1. The van der Waals surface area contributed by atoms with Crippen molar-refractivity contribution in [2.45, 2.75) is 40.2 Å². The zero-order valence-electron chi connectivity index (χ0n) is 14.2. The quantitative estimate of drug-likeness (QED) is 0.832. The number of carbonyl (C=O) groups is 1. The van der Waals surface area contributed by atoms with Crippen LogP contribution in [0.15, 0.2) is 33.5 Å². The third kappa shape index (κ3) is 3.73. The molecule has 0 bridgehead atoms. The van der Waals surface area contributed by atoms with E-state index in [0.29, 0.717) is 5.58 Å². The van der Waals surface area contributed by atoms with Gasteiger partial charge in [-0.25, -0.2) is 4.79 Å². The molecule has 0 radical (unpaired) electrons. The molecule has 1 heterocycles. The molecular formula is C18H24N2O3. The average Bonchev–Trinajstić information content (AvgIpc) is 2.54. The van der Waals surface area contributed by atoms with Crippen LogP contribution in [0.2, 0.25) is 0 Å². The Hall–Kier alpha value is -2.30. The van der Waals surface area contributed by atoms with Gasteiger partial charge in [0.25, 0.3) is 5.91 Å². The van der Waals surface area contributed by atoms with Gasteiger partial charge in [-0.1, -0.05) is 6.92 Å². The third-order valence-electron chi connectivity index (χ3n) is 4.08. The van der Waals surface area contributed by atoms with Gasteiger partial charge in [0.15, 0.2) is 0 Å². The fourth-order valence-electron chi connectivity index (χ4n) is 2.45. The monoisotopic (exact) mass is 316 g/mol. The van der Waals surface area contributed by atoms with Crippen molar-refractivity contribution in [3.63, 3.8) is 0 Å². The molecule has 1 unspecified atom stereocenters. The minimum absolute atomic E-state index is 0.0163. The second-order valence-electron chi connectivity index (χ2n) is 5.62. The molecule has 124 valence electrons. The summed E-state index contributed by atoms with van der Waals surface area (Å²) in [5.41, 5.74) is 0.949. The molecule has 0 aliphatic heterocycles. The van der Waals surface area contributed by atoms with Crippen molar-refractivity contribution in [2.24, 2.45) is 0 Å². The highest BCUT2D eigenvalue weighted by Crippen LogP contribution is 2.22. The lowest BCUT2D eigenvalue weighted by atomic mass is 10.1. The Morgan fingerprint density at radius 3 is 2.52 bits per heavy atom. The highest BCUT2D eigenvalue weighted by molar-refractivity contribution is 5.97. The molecule has 0 aliphatic rings. The molecule has 1 aromatic carbocycles. The summed E-state index contributed by atoms with van der Waals surface area (Å²) < 4.78 is 5.37. The predicted molar refractivity (Wildman–Crippen MR) is 93.3 cm³/mol. The van der Waals surface area contributed by atoms with Crippen LogP contribution >= 0.6 is 0 Å². The maximum atomic E-state index is 12.2. The number of rotatable bonds is 6. The Morgan fingerprint density at radius 2 is 1.91 bits per heavy atom. The first-order chi connectivity index (χ1) is 11.0. The fraction of sp³-hybridized carbons (Fsp3) is 0.444. The third-order valence-corrected chi connectivity index (χ3v) is 4.08. The molecule has 0 saturated carbocycles. The van der Waals surface area contributed by atoms with Crippen molar-refractivity contribution in [1.29, 1.82) is 0 Å². The highest BCUT2D eigenvalue weighted by atomic mass is 16.4. The van der Waals surface area contributed by atoms with Crippen LogP contribution in [-0.4, -0.2) is 25.0 Å². The van der Waals surface area contributed by atoms with Gasteiger partial charge in [-0.3, -0.25) is 4.79 Å². The number of hydrogen-bond donors (Lipinski definition) is 1. The molecule has 0 aliphatic carbocycles. The molecule has 1 atom stereocenters. The van der Waals surface area contributed by atoms with Gasteiger partial charge in [0.2, 0.25) is 0 Å². The van der Waals surface area contributed by atoms with E-state index in [9.17, 15) is 9.59 Å². The van der Waals surface area contributed by atoms with E-state index in [0.717, 1.165) is 30.6 Å². The van der Waals surface area contributed by atoms with E-state index < -0.39 is 5.63 Å². The molecule has 2 aromatic rings. The van der Waals surface area contributed by atoms with Crippen LogP contribution in [0.25, 0.3) is 11.0 Å². The SMILES string of the molecule is CCC(C)NC(=O)c1cc2ccc(N(CC)CC)cc2oc1=O. The zero-order chi connectivity index (χ0) is 17.0. The highest BCUT2D eigenvalue weighted by Gasteiger charge is 2.15. The summed E-state index contributed by atoms with van der Waals surface area (Å²) in [7, 11) is 0. The minimum Gasteiger partial charge on any atom is -0.422 e. The second-order valence-corrected chi connectivity index (χ2v) is 5.62. The molecule has 0 saturated heterocycles. The Balaban J connectivity index is 2.41. The number of nitrogens with one attached hydrogen (secondary N) is 1. The Bertz CT molecular complexity index is 748. The number of hydrogen-bond acceptors (Lipinski definition) is 4. The van der Waals surface area contributed by atoms with Gasteiger partial charge in [-0.15, -0.1) is 0 Å². The van der Waals surface area contributed by atoms with E-state index in [2.05, 4.69) is 24.1 Å². The molecule has 1 N–H and O–H groups in total. The largest absolute Gasteiger partial charge is 0.422 e. The van der Waals surface area contributed by atoms with Crippen molar-refractivity contribution in [2.75, 3.05) is 18.0 Å². The van der Waals surface area contributed by atoms with Gasteiger partial charge in [0.1, 0.15) is 11.1 Å². The summed E-state index contributed by atoms with van der Waals surface area (Å²) in [6.45, 7) is 9.78. The van der Waals surface area contributed by atoms with E-state index in [-0.39, 0.29) is 17.5 Å². The molecule has 0 spiro atoms. The predicted octanol–water partition coefficient (Wildman–Crippen LogP) is 3.17. The van der Waals surface area contributed by atoms with Crippen LogP contribution < -0.4 is 15.8 Å². The number of anilines is 1. The van der Waals surface area contributed by atoms with Crippen molar-refractivity contribution in [3.05, 3.63) is 40.2 Å². The van der Waals surface area contributed by atoms with Crippen molar-refractivity contribution in [3.8, 4) is 0 Å². The average molecular weight is 316 g/mol. The van der Waals surface area contributed by atoms with Gasteiger partial charge >= 0.3 is 5.63 Å². The Kier molecular flexibility index (Phi) is 5.42. The lowest BCUT2D eigenvalue weighted by Gasteiger charge is -2.21. The van der Waals surface area contributed by atoms with Crippen LogP contribution in [0.5, 0.6) is 0 Å². The summed E-state index contributed by atoms with van der Waals surface area (Å²) in [5, 5.41) is 3.54. The zero-order valence-corrected chi connectivity index (χ0v) is 14.2.